The van der Waals surface area contributed by atoms with Gasteiger partial charge in [-0.1, -0.05) is 40.2 Å². The number of aliphatic hydroxyl groups is 2. The third-order valence-electron chi connectivity index (χ3n) is 3.02. The second kappa shape index (κ2) is 6.88. The van der Waals surface area contributed by atoms with Gasteiger partial charge in [0.15, 0.2) is 0 Å². The van der Waals surface area contributed by atoms with E-state index in [0.29, 0.717) is 12.4 Å². The number of ether oxygens (including phenoxy) is 1. The zero-order valence-corrected chi connectivity index (χ0v) is 12.8. The van der Waals surface area contributed by atoms with Gasteiger partial charge in [-0.3, -0.25) is 0 Å². The van der Waals surface area contributed by atoms with Gasteiger partial charge in [-0.05, 0) is 36.2 Å². The Morgan fingerprint density at radius 3 is 2.35 bits per heavy atom. The van der Waals surface area contributed by atoms with Crippen LogP contribution in [0.1, 0.15) is 29.7 Å². The van der Waals surface area contributed by atoms with Crippen LogP contribution in [0.3, 0.4) is 0 Å². The molecule has 1 atom stereocenters. The van der Waals surface area contributed by atoms with E-state index in [1.165, 1.54) is 0 Å². The Morgan fingerprint density at radius 1 is 1.10 bits per heavy atom. The summed E-state index contributed by atoms with van der Waals surface area (Å²) >= 11 is 3.39. The molecule has 0 unspecified atom stereocenters. The van der Waals surface area contributed by atoms with Crippen molar-refractivity contribution < 1.29 is 14.9 Å². The van der Waals surface area contributed by atoms with Gasteiger partial charge >= 0.3 is 0 Å². The normalized spacial score (nSPS) is 12.2. The maximum absolute atomic E-state index is 9.77. The highest BCUT2D eigenvalue weighted by atomic mass is 79.9. The molecule has 0 heterocycles. The molecule has 0 aromatic heterocycles. The molecule has 0 spiro atoms. The molecule has 0 aliphatic rings. The predicted octanol–water partition coefficient (Wildman–Crippen LogP) is 3.57. The summed E-state index contributed by atoms with van der Waals surface area (Å²) in [6, 6.07) is 13.2. The highest BCUT2D eigenvalue weighted by Gasteiger charge is 2.10. The van der Waals surface area contributed by atoms with Crippen molar-refractivity contribution in [1.82, 2.24) is 0 Å². The Balaban J connectivity index is 2.10. The lowest BCUT2D eigenvalue weighted by molar-refractivity contribution is 0.190. The minimum Gasteiger partial charge on any atom is -0.489 e. The maximum atomic E-state index is 9.77. The SMILES string of the molecule is C[C@H](O)c1cc(Br)ccc1OCc1ccc(CO)cc1. The zero-order valence-electron chi connectivity index (χ0n) is 11.2. The molecule has 2 rings (SSSR count). The van der Waals surface area contributed by atoms with E-state index in [4.69, 9.17) is 9.84 Å². The van der Waals surface area contributed by atoms with Crippen molar-refractivity contribution in [1.29, 1.82) is 0 Å². The van der Waals surface area contributed by atoms with E-state index in [-0.39, 0.29) is 6.61 Å². The quantitative estimate of drug-likeness (QED) is 0.877. The molecule has 0 saturated heterocycles. The van der Waals surface area contributed by atoms with E-state index in [9.17, 15) is 5.11 Å². The fraction of sp³-hybridized carbons (Fsp3) is 0.250. The molecule has 0 fully saturated rings. The Hall–Kier alpha value is -1.36. The van der Waals surface area contributed by atoms with Crippen LogP contribution in [0.25, 0.3) is 0 Å². The van der Waals surface area contributed by atoms with Crippen LogP contribution < -0.4 is 4.74 Å². The molecule has 2 aromatic rings. The number of halogens is 1. The summed E-state index contributed by atoms with van der Waals surface area (Å²) in [4.78, 5) is 0. The number of hydrogen-bond acceptors (Lipinski definition) is 3. The highest BCUT2D eigenvalue weighted by Crippen LogP contribution is 2.29. The predicted molar refractivity (Wildman–Crippen MR) is 81.5 cm³/mol. The van der Waals surface area contributed by atoms with Crippen LogP contribution in [-0.4, -0.2) is 10.2 Å². The standard InChI is InChI=1S/C16H17BrO3/c1-11(19)15-8-14(17)6-7-16(15)20-10-13-4-2-12(9-18)3-5-13/h2-8,11,18-19H,9-10H2,1H3/t11-/m0/s1. The van der Waals surface area contributed by atoms with E-state index in [2.05, 4.69) is 15.9 Å². The summed E-state index contributed by atoms with van der Waals surface area (Å²) in [7, 11) is 0. The van der Waals surface area contributed by atoms with Gasteiger partial charge in [0, 0.05) is 10.0 Å². The summed E-state index contributed by atoms with van der Waals surface area (Å²) in [6.07, 6.45) is -0.584. The van der Waals surface area contributed by atoms with Crippen LogP contribution in [0.15, 0.2) is 46.9 Å². The molecule has 106 valence electrons. The van der Waals surface area contributed by atoms with Crippen molar-refractivity contribution in [2.75, 3.05) is 0 Å². The number of hydrogen-bond donors (Lipinski definition) is 2. The van der Waals surface area contributed by atoms with Gasteiger partial charge in [0.2, 0.25) is 0 Å². The summed E-state index contributed by atoms with van der Waals surface area (Å²) < 4.78 is 6.68. The smallest absolute Gasteiger partial charge is 0.125 e. The average molecular weight is 337 g/mol. The van der Waals surface area contributed by atoms with Crippen molar-refractivity contribution in [2.24, 2.45) is 0 Å². The van der Waals surface area contributed by atoms with Crippen molar-refractivity contribution in [3.05, 3.63) is 63.6 Å². The lowest BCUT2D eigenvalue weighted by Gasteiger charge is -2.14. The van der Waals surface area contributed by atoms with E-state index in [1.54, 1.807) is 6.92 Å². The zero-order chi connectivity index (χ0) is 14.5. The van der Waals surface area contributed by atoms with Gasteiger partial charge in [-0.15, -0.1) is 0 Å². The highest BCUT2D eigenvalue weighted by molar-refractivity contribution is 9.10. The molecular formula is C16H17BrO3. The summed E-state index contributed by atoms with van der Waals surface area (Å²) in [5.74, 6) is 0.675. The van der Waals surface area contributed by atoms with E-state index < -0.39 is 6.10 Å². The van der Waals surface area contributed by atoms with Crippen molar-refractivity contribution in [3.8, 4) is 5.75 Å². The molecule has 2 N–H and O–H groups in total. The second-order valence-electron chi connectivity index (χ2n) is 4.62. The van der Waals surface area contributed by atoms with Crippen LogP contribution >= 0.6 is 15.9 Å². The fourth-order valence-electron chi connectivity index (χ4n) is 1.88. The largest absolute Gasteiger partial charge is 0.489 e. The number of aliphatic hydroxyl groups excluding tert-OH is 2. The first kappa shape index (κ1) is 15.0. The topological polar surface area (TPSA) is 49.7 Å². The van der Waals surface area contributed by atoms with Gasteiger partial charge in [0.1, 0.15) is 12.4 Å². The molecule has 0 bridgehead atoms. The van der Waals surface area contributed by atoms with Crippen molar-refractivity contribution >= 4 is 15.9 Å². The van der Waals surface area contributed by atoms with Gasteiger partial charge in [0.05, 0.1) is 12.7 Å². The van der Waals surface area contributed by atoms with Crippen molar-refractivity contribution in [3.63, 3.8) is 0 Å². The first-order chi connectivity index (χ1) is 9.60. The Morgan fingerprint density at radius 2 is 1.75 bits per heavy atom. The van der Waals surface area contributed by atoms with Gasteiger partial charge in [-0.2, -0.15) is 0 Å². The summed E-state index contributed by atoms with van der Waals surface area (Å²) in [5.41, 5.74) is 2.65. The lowest BCUT2D eigenvalue weighted by atomic mass is 10.1. The number of benzene rings is 2. The Bertz CT molecular complexity index is 564. The molecule has 0 aliphatic heterocycles. The molecule has 0 radical (unpaired) electrons. The second-order valence-corrected chi connectivity index (χ2v) is 5.54. The minimum atomic E-state index is -0.584. The van der Waals surface area contributed by atoms with Gasteiger partial charge in [-0.25, -0.2) is 0 Å². The van der Waals surface area contributed by atoms with E-state index >= 15 is 0 Å². The lowest BCUT2D eigenvalue weighted by Crippen LogP contribution is -2.01. The van der Waals surface area contributed by atoms with E-state index in [0.717, 1.165) is 21.2 Å². The first-order valence-corrected chi connectivity index (χ1v) is 7.18. The molecule has 0 saturated carbocycles. The molecule has 0 aliphatic carbocycles. The van der Waals surface area contributed by atoms with Crippen molar-refractivity contribution in [2.45, 2.75) is 26.2 Å². The van der Waals surface area contributed by atoms with Crippen LogP contribution in [0.2, 0.25) is 0 Å². The summed E-state index contributed by atoms with van der Waals surface area (Å²) in [6.45, 7) is 2.18. The van der Waals surface area contributed by atoms with Gasteiger partial charge in [0.25, 0.3) is 0 Å². The van der Waals surface area contributed by atoms with Crippen LogP contribution in [0.4, 0.5) is 0 Å². The van der Waals surface area contributed by atoms with Crippen LogP contribution in [0.5, 0.6) is 5.75 Å². The molecule has 4 heteroatoms. The van der Waals surface area contributed by atoms with Crippen LogP contribution in [-0.2, 0) is 13.2 Å². The minimum absolute atomic E-state index is 0.0417. The summed E-state index contributed by atoms with van der Waals surface area (Å²) in [5, 5.41) is 18.8. The molecular weight excluding hydrogens is 320 g/mol. The molecule has 0 amide bonds. The third kappa shape index (κ3) is 3.82. The third-order valence-corrected chi connectivity index (χ3v) is 3.52. The Kier molecular flexibility index (Phi) is 5.17. The van der Waals surface area contributed by atoms with E-state index in [1.807, 2.05) is 42.5 Å². The Labute approximate surface area is 127 Å². The fourth-order valence-corrected chi connectivity index (χ4v) is 2.26. The maximum Gasteiger partial charge on any atom is 0.125 e. The molecule has 3 nitrogen and oxygen atoms in total. The first-order valence-electron chi connectivity index (χ1n) is 6.39. The molecule has 2 aromatic carbocycles. The average Bonchev–Trinajstić information content (AvgIpc) is 2.46. The monoisotopic (exact) mass is 336 g/mol. The van der Waals surface area contributed by atoms with Crippen LogP contribution in [0, 0.1) is 0 Å². The van der Waals surface area contributed by atoms with Gasteiger partial charge < -0.3 is 14.9 Å². The molecule has 20 heavy (non-hydrogen) atoms. The number of rotatable bonds is 5.